The van der Waals surface area contributed by atoms with E-state index in [1.807, 2.05) is 0 Å². The van der Waals surface area contributed by atoms with Crippen LogP contribution in [0.3, 0.4) is 0 Å². The lowest BCUT2D eigenvalue weighted by Gasteiger charge is -2.08. The summed E-state index contributed by atoms with van der Waals surface area (Å²) in [5.74, 6) is -2.26. The Morgan fingerprint density at radius 3 is 2.65 bits per heavy atom. The predicted octanol–water partition coefficient (Wildman–Crippen LogP) is 4.31. The minimum atomic E-state index is -0.947. The van der Waals surface area contributed by atoms with Crippen molar-refractivity contribution in [2.24, 2.45) is 0 Å². The molecule has 0 spiro atoms. The summed E-state index contributed by atoms with van der Waals surface area (Å²) >= 11 is 9.22. The van der Waals surface area contributed by atoms with Gasteiger partial charge in [-0.25, -0.2) is 8.78 Å². The van der Waals surface area contributed by atoms with Crippen molar-refractivity contribution in [3.8, 4) is 0 Å². The second-order valence-electron chi connectivity index (χ2n) is 4.03. The van der Waals surface area contributed by atoms with Crippen LogP contribution in [0.1, 0.15) is 15.9 Å². The molecule has 0 bridgehead atoms. The highest BCUT2D eigenvalue weighted by atomic mass is 79.9. The Kier molecular flexibility index (Phi) is 4.73. The van der Waals surface area contributed by atoms with E-state index in [2.05, 4.69) is 21.2 Å². The second kappa shape index (κ2) is 6.33. The van der Waals surface area contributed by atoms with E-state index in [4.69, 9.17) is 11.6 Å². The van der Waals surface area contributed by atoms with Crippen molar-refractivity contribution in [1.29, 1.82) is 0 Å². The van der Waals surface area contributed by atoms with Gasteiger partial charge < -0.3 is 5.32 Å². The average molecular weight is 361 g/mol. The lowest BCUT2D eigenvalue weighted by Crippen LogP contribution is -2.23. The minimum absolute atomic E-state index is 0.0822. The van der Waals surface area contributed by atoms with Gasteiger partial charge in [0.1, 0.15) is 0 Å². The van der Waals surface area contributed by atoms with Crippen LogP contribution in [0.15, 0.2) is 40.9 Å². The average Bonchev–Trinajstić information content (AvgIpc) is 2.43. The Balaban J connectivity index is 2.08. The summed E-state index contributed by atoms with van der Waals surface area (Å²) in [6.07, 6.45) is 0. The quantitative estimate of drug-likeness (QED) is 0.868. The summed E-state index contributed by atoms with van der Waals surface area (Å²) in [7, 11) is 0. The Morgan fingerprint density at radius 1 is 1.20 bits per heavy atom. The molecule has 0 fully saturated rings. The topological polar surface area (TPSA) is 29.1 Å². The molecule has 0 saturated carbocycles. The summed E-state index contributed by atoms with van der Waals surface area (Å²) in [4.78, 5) is 12.0. The molecular weight excluding hydrogens is 352 g/mol. The van der Waals surface area contributed by atoms with Crippen molar-refractivity contribution in [3.63, 3.8) is 0 Å². The van der Waals surface area contributed by atoms with Gasteiger partial charge >= 0.3 is 0 Å². The lowest BCUT2D eigenvalue weighted by molar-refractivity contribution is 0.0951. The largest absolute Gasteiger partial charge is 0.348 e. The molecule has 0 aliphatic rings. The van der Waals surface area contributed by atoms with Crippen LogP contribution in [0.4, 0.5) is 8.78 Å². The van der Waals surface area contributed by atoms with E-state index >= 15 is 0 Å². The molecule has 2 aromatic carbocycles. The maximum absolute atomic E-state index is 13.0. The number of hydrogen-bond donors (Lipinski definition) is 1. The van der Waals surface area contributed by atoms with Crippen molar-refractivity contribution in [3.05, 3.63) is 68.7 Å². The van der Waals surface area contributed by atoms with Crippen LogP contribution in [0.25, 0.3) is 0 Å². The number of nitrogens with one attached hydrogen (secondary N) is 1. The first-order chi connectivity index (χ1) is 9.49. The summed E-state index contributed by atoms with van der Waals surface area (Å²) in [5, 5.41) is 2.90. The molecule has 0 unspecified atom stereocenters. The van der Waals surface area contributed by atoms with Gasteiger partial charge in [-0.2, -0.15) is 0 Å². The molecule has 20 heavy (non-hydrogen) atoms. The fourth-order valence-electron chi connectivity index (χ4n) is 1.61. The third kappa shape index (κ3) is 3.35. The van der Waals surface area contributed by atoms with Crippen LogP contribution in [-0.4, -0.2) is 5.91 Å². The van der Waals surface area contributed by atoms with E-state index in [1.165, 1.54) is 6.07 Å². The summed E-state index contributed by atoms with van der Waals surface area (Å²) in [6, 6.07) is 8.44. The lowest BCUT2D eigenvalue weighted by atomic mass is 10.2. The maximum Gasteiger partial charge on any atom is 0.253 e. The first kappa shape index (κ1) is 14.9. The number of rotatable bonds is 3. The Labute approximate surface area is 127 Å². The molecule has 0 radical (unpaired) electrons. The molecule has 1 N–H and O–H groups in total. The molecule has 0 heterocycles. The first-order valence-corrected chi connectivity index (χ1v) is 6.82. The van der Waals surface area contributed by atoms with Gasteiger partial charge in [0.2, 0.25) is 0 Å². The second-order valence-corrected chi connectivity index (χ2v) is 5.26. The van der Waals surface area contributed by atoms with Gasteiger partial charge in [0.25, 0.3) is 5.91 Å². The van der Waals surface area contributed by atoms with Gasteiger partial charge in [-0.05, 0) is 45.8 Å². The molecule has 1 amide bonds. The molecule has 2 aromatic rings. The Bertz CT molecular complexity index is 664. The zero-order valence-corrected chi connectivity index (χ0v) is 12.4. The van der Waals surface area contributed by atoms with E-state index in [0.717, 1.165) is 12.1 Å². The van der Waals surface area contributed by atoms with Crippen molar-refractivity contribution < 1.29 is 13.6 Å². The predicted molar refractivity (Wildman–Crippen MR) is 76.7 cm³/mol. The highest BCUT2D eigenvalue weighted by Gasteiger charge is 2.12. The molecule has 0 atom stereocenters. The number of halogens is 4. The summed E-state index contributed by atoms with van der Waals surface area (Å²) in [5.41, 5.74) is 0.770. The molecular formula is C14H9BrClF2NO. The van der Waals surface area contributed by atoms with E-state index in [0.29, 0.717) is 20.6 Å². The van der Waals surface area contributed by atoms with Crippen molar-refractivity contribution >= 4 is 33.4 Å². The number of benzene rings is 2. The van der Waals surface area contributed by atoms with Crippen LogP contribution in [0.2, 0.25) is 5.02 Å². The monoisotopic (exact) mass is 359 g/mol. The highest BCUT2D eigenvalue weighted by Crippen LogP contribution is 2.25. The van der Waals surface area contributed by atoms with Crippen LogP contribution in [0, 0.1) is 11.6 Å². The normalized spacial score (nSPS) is 10.4. The number of carbonyl (C=O) groups is 1. The third-order valence-corrected chi connectivity index (χ3v) is 3.93. The Morgan fingerprint density at radius 2 is 1.95 bits per heavy atom. The fourth-order valence-corrected chi connectivity index (χ4v) is 2.18. The number of carbonyl (C=O) groups excluding carboxylic acids is 1. The smallest absolute Gasteiger partial charge is 0.253 e. The SMILES string of the molecule is O=C(NCc1ccc(F)c(F)c1)c1cccc(Br)c1Cl. The van der Waals surface area contributed by atoms with E-state index in [-0.39, 0.29) is 12.5 Å². The van der Waals surface area contributed by atoms with Gasteiger partial charge in [0.05, 0.1) is 10.6 Å². The van der Waals surface area contributed by atoms with Crippen LogP contribution >= 0.6 is 27.5 Å². The van der Waals surface area contributed by atoms with Gasteiger partial charge in [-0.3, -0.25) is 4.79 Å². The standard InChI is InChI=1S/C14H9BrClF2NO/c15-10-3-1-2-9(13(10)16)14(20)19-7-8-4-5-11(17)12(18)6-8/h1-6H,7H2,(H,19,20). The molecule has 6 heteroatoms. The summed E-state index contributed by atoms with van der Waals surface area (Å²) < 4.78 is 26.4. The van der Waals surface area contributed by atoms with Crippen molar-refractivity contribution in [2.75, 3.05) is 0 Å². The zero-order chi connectivity index (χ0) is 14.7. The fraction of sp³-hybridized carbons (Fsp3) is 0.0714. The molecule has 0 aliphatic carbocycles. The van der Waals surface area contributed by atoms with E-state index < -0.39 is 11.6 Å². The zero-order valence-electron chi connectivity index (χ0n) is 10.1. The Hall–Kier alpha value is -1.46. The van der Waals surface area contributed by atoms with Crippen LogP contribution in [0.5, 0.6) is 0 Å². The van der Waals surface area contributed by atoms with Crippen molar-refractivity contribution in [1.82, 2.24) is 5.32 Å². The van der Waals surface area contributed by atoms with Gasteiger partial charge in [-0.1, -0.05) is 23.7 Å². The van der Waals surface area contributed by atoms with Gasteiger partial charge in [0, 0.05) is 11.0 Å². The van der Waals surface area contributed by atoms with Crippen LogP contribution < -0.4 is 5.32 Å². The van der Waals surface area contributed by atoms with Gasteiger partial charge in [-0.15, -0.1) is 0 Å². The molecule has 2 rings (SSSR count). The number of hydrogen-bond acceptors (Lipinski definition) is 1. The molecule has 0 aliphatic heterocycles. The number of amides is 1. The minimum Gasteiger partial charge on any atom is -0.348 e. The third-order valence-electron chi connectivity index (χ3n) is 2.63. The van der Waals surface area contributed by atoms with E-state index in [9.17, 15) is 13.6 Å². The molecule has 0 aromatic heterocycles. The van der Waals surface area contributed by atoms with Crippen molar-refractivity contribution in [2.45, 2.75) is 6.54 Å². The first-order valence-electron chi connectivity index (χ1n) is 5.65. The molecule has 104 valence electrons. The van der Waals surface area contributed by atoms with E-state index in [1.54, 1.807) is 18.2 Å². The summed E-state index contributed by atoms with van der Waals surface area (Å²) in [6.45, 7) is 0.0822. The van der Waals surface area contributed by atoms with Crippen LogP contribution in [-0.2, 0) is 6.54 Å². The highest BCUT2D eigenvalue weighted by molar-refractivity contribution is 9.10. The molecule has 2 nitrogen and oxygen atoms in total. The molecule has 0 saturated heterocycles. The van der Waals surface area contributed by atoms with Gasteiger partial charge in [0.15, 0.2) is 11.6 Å². The maximum atomic E-state index is 13.0.